The average Bonchev–Trinajstić information content (AvgIpc) is 2.72. The third kappa shape index (κ3) is 2.89. The highest BCUT2D eigenvalue weighted by Gasteiger charge is 2.25. The first-order valence-electron chi connectivity index (χ1n) is 7.38. The van der Waals surface area contributed by atoms with Gasteiger partial charge in [-0.3, -0.25) is 9.79 Å². The normalized spacial score (nSPS) is 13.9. The van der Waals surface area contributed by atoms with Gasteiger partial charge in [0.1, 0.15) is 6.54 Å². The minimum absolute atomic E-state index is 0.0735. The molecule has 0 unspecified atom stereocenters. The third-order valence-electron chi connectivity index (χ3n) is 3.98. The Hall–Kier alpha value is -2.34. The van der Waals surface area contributed by atoms with Crippen molar-refractivity contribution in [3.63, 3.8) is 0 Å². The summed E-state index contributed by atoms with van der Waals surface area (Å²) in [5.41, 5.74) is 3.28. The number of aliphatic imine (C=N–C) groups is 1. The Morgan fingerprint density at radius 2 is 1.71 bits per heavy atom. The van der Waals surface area contributed by atoms with Crippen LogP contribution >= 0.6 is 15.9 Å². The van der Waals surface area contributed by atoms with Crippen molar-refractivity contribution < 1.29 is 14.3 Å². The van der Waals surface area contributed by atoms with Crippen LogP contribution in [0.25, 0.3) is 0 Å². The van der Waals surface area contributed by atoms with Gasteiger partial charge in [-0.25, -0.2) is 0 Å². The average molecular weight is 389 g/mol. The first kappa shape index (κ1) is 16.5. The number of carbonyl (C=O) groups is 1. The largest absolute Gasteiger partial charge is 0.493 e. The molecule has 0 bridgehead atoms. The summed E-state index contributed by atoms with van der Waals surface area (Å²) in [6.07, 6.45) is 0. The van der Waals surface area contributed by atoms with Gasteiger partial charge in [-0.1, -0.05) is 28.1 Å². The number of fused-ring (bicyclic) bond motifs is 1. The molecule has 0 aromatic heterocycles. The number of anilines is 1. The summed E-state index contributed by atoms with van der Waals surface area (Å²) in [6.45, 7) is 0.0984. The molecule has 0 spiro atoms. The lowest BCUT2D eigenvalue weighted by atomic mass is 9.99. The van der Waals surface area contributed by atoms with Crippen LogP contribution < -0.4 is 14.4 Å². The highest BCUT2D eigenvalue weighted by Crippen LogP contribution is 2.37. The number of halogens is 1. The fraction of sp³-hybridized carbons (Fsp3) is 0.222. The zero-order chi connectivity index (χ0) is 17.3. The van der Waals surface area contributed by atoms with Crippen molar-refractivity contribution in [2.75, 3.05) is 32.7 Å². The molecule has 1 aliphatic heterocycles. The van der Waals surface area contributed by atoms with Crippen molar-refractivity contribution in [1.82, 2.24) is 0 Å². The van der Waals surface area contributed by atoms with Gasteiger partial charge in [-0.15, -0.1) is 0 Å². The Morgan fingerprint density at radius 1 is 1.08 bits per heavy atom. The summed E-state index contributed by atoms with van der Waals surface area (Å²) in [5.74, 6) is 1.10. The zero-order valence-electron chi connectivity index (χ0n) is 13.7. The molecule has 0 saturated carbocycles. The summed E-state index contributed by atoms with van der Waals surface area (Å²) < 4.78 is 11.8. The molecule has 2 aromatic carbocycles. The number of nitrogens with zero attached hydrogens (tertiary/aromatic N) is 2. The Morgan fingerprint density at radius 3 is 2.33 bits per heavy atom. The number of ether oxygens (including phenoxy) is 2. The molecular formula is C18H17BrN2O3. The number of benzodiazepines with no additional fused rings is 1. The fourth-order valence-corrected chi connectivity index (χ4v) is 2.93. The number of hydrogen-bond acceptors (Lipinski definition) is 4. The minimum atomic E-state index is -0.0735. The Labute approximate surface area is 149 Å². The van der Waals surface area contributed by atoms with E-state index in [1.807, 2.05) is 36.4 Å². The quantitative estimate of drug-likeness (QED) is 0.810. The maximum absolute atomic E-state index is 12.3. The second kappa shape index (κ2) is 6.65. The van der Waals surface area contributed by atoms with Crippen LogP contribution in [0.15, 0.2) is 45.9 Å². The molecule has 0 radical (unpaired) electrons. The molecule has 3 rings (SSSR count). The molecule has 6 heteroatoms. The summed E-state index contributed by atoms with van der Waals surface area (Å²) in [6, 6.07) is 11.5. The number of methoxy groups -OCH3 is 2. The van der Waals surface area contributed by atoms with E-state index < -0.39 is 0 Å². The third-order valence-corrected chi connectivity index (χ3v) is 4.51. The molecule has 0 fully saturated rings. The van der Waals surface area contributed by atoms with Crippen molar-refractivity contribution in [2.24, 2.45) is 4.99 Å². The molecule has 1 heterocycles. The van der Waals surface area contributed by atoms with E-state index in [-0.39, 0.29) is 12.5 Å². The van der Waals surface area contributed by atoms with Crippen molar-refractivity contribution in [3.8, 4) is 11.5 Å². The molecule has 1 amide bonds. The minimum Gasteiger partial charge on any atom is -0.493 e. The predicted octanol–water partition coefficient (Wildman–Crippen LogP) is 3.28. The van der Waals surface area contributed by atoms with E-state index in [1.165, 1.54) is 0 Å². The van der Waals surface area contributed by atoms with Crippen LogP contribution in [0.3, 0.4) is 0 Å². The van der Waals surface area contributed by atoms with Gasteiger partial charge in [0.2, 0.25) is 5.91 Å². The van der Waals surface area contributed by atoms with Gasteiger partial charge in [-0.05, 0) is 18.2 Å². The second-order valence-electron chi connectivity index (χ2n) is 5.35. The lowest BCUT2D eigenvalue weighted by molar-refractivity contribution is -0.116. The van der Waals surface area contributed by atoms with Crippen LogP contribution in [-0.4, -0.2) is 39.4 Å². The van der Waals surface area contributed by atoms with Gasteiger partial charge in [0.25, 0.3) is 0 Å². The number of carbonyl (C=O) groups excluding carboxylic acids is 1. The maximum Gasteiger partial charge on any atom is 0.248 e. The van der Waals surface area contributed by atoms with E-state index in [9.17, 15) is 4.79 Å². The smallest absolute Gasteiger partial charge is 0.248 e. The highest BCUT2D eigenvalue weighted by molar-refractivity contribution is 9.10. The first-order valence-corrected chi connectivity index (χ1v) is 8.17. The van der Waals surface area contributed by atoms with Crippen LogP contribution in [0.2, 0.25) is 0 Å². The van der Waals surface area contributed by atoms with Crippen molar-refractivity contribution in [1.29, 1.82) is 0 Å². The van der Waals surface area contributed by atoms with Gasteiger partial charge >= 0.3 is 0 Å². The molecule has 0 atom stereocenters. The molecule has 1 aliphatic rings. The SMILES string of the molecule is COc1cc2c(cc1OC)N(C)C(=O)CN=C2c1ccc(Br)cc1. The molecule has 124 valence electrons. The summed E-state index contributed by atoms with van der Waals surface area (Å²) in [5, 5.41) is 0. The lowest BCUT2D eigenvalue weighted by Crippen LogP contribution is -2.27. The van der Waals surface area contributed by atoms with Crippen molar-refractivity contribution in [3.05, 3.63) is 52.0 Å². The fourth-order valence-electron chi connectivity index (χ4n) is 2.66. The van der Waals surface area contributed by atoms with E-state index in [1.54, 1.807) is 26.2 Å². The molecular weight excluding hydrogens is 372 g/mol. The summed E-state index contributed by atoms with van der Waals surface area (Å²) >= 11 is 3.44. The molecule has 0 aliphatic carbocycles. The zero-order valence-corrected chi connectivity index (χ0v) is 15.3. The van der Waals surface area contributed by atoms with E-state index in [2.05, 4.69) is 20.9 Å². The maximum atomic E-state index is 12.3. The predicted molar refractivity (Wildman–Crippen MR) is 97.6 cm³/mol. The Bertz CT molecular complexity index is 816. The monoisotopic (exact) mass is 388 g/mol. The van der Waals surface area contributed by atoms with Crippen molar-refractivity contribution in [2.45, 2.75) is 0 Å². The lowest BCUT2D eigenvalue weighted by Gasteiger charge is -2.20. The van der Waals surface area contributed by atoms with Crippen molar-refractivity contribution >= 4 is 33.2 Å². The van der Waals surface area contributed by atoms with Crippen LogP contribution in [0.1, 0.15) is 11.1 Å². The van der Waals surface area contributed by atoms with Crippen LogP contribution in [0.4, 0.5) is 5.69 Å². The van der Waals surface area contributed by atoms with E-state index in [4.69, 9.17) is 9.47 Å². The van der Waals surface area contributed by atoms with E-state index in [0.29, 0.717) is 11.5 Å². The summed E-state index contributed by atoms with van der Waals surface area (Å²) in [7, 11) is 4.91. The molecule has 0 N–H and O–H groups in total. The molecule has 24 heavy (non-hydrogen) atoms. The molecule has 5 nitrogen and oxygen atoms in total. The van der Waals surface area contributed by atoms with Gasteiger partial charge in [0.05, 0.1) is 25.6 Å². The number of hydrogen-bond donors (Lipinski definition) is 0. The van der Waals surface area contributed by atoms with E-state index in [0.717, 1.165) is 27.0 Å². The molecule has 0 saturated heterocycles. The van der Waals surface area contributed by atoms with Gasteiger partial charge in [0, 0.05) is 28.7 Å². The number of likely N-dealkylation sites (N-methyl/N-ethyl adjacent to an activating group) is 1. The van der Waals surface area contributed by atoms with Crippen LogP contribution in [0.5, 0.6) is 11.5 Å². The standard InChI is InChI=1S/C18H17BrN2O3/c1-21-14-9-16(24-3)15(23-2)8-13(14)18(20-10-17(21)22)11-4-6-12(19)7-5-11/h4-9H,10H2,1-3H3. The Kier molecular flexibility index (Phi) is 4.57. The second-order valence-corrected chi connectivity index (χ2v) is 6.26. The highest BCUT2D eigenvalue weighted by atomic mass is 79.9. The topological polar surface area (TPSA) is 51.1 Å². The van der Waals surface area contributed by atoms with Gasteiger partial charge < -0.3 is 14.4 Å². The van der Waals surface area contributed by atoms with Gasteiger partial charge in [-0.2, -0.15) is 0 Å². The number of amides is 1. The first-order chi connectivity index (χ1) is 11.5. The molecule has 2 aromatic rings. The summed E-state index contributed by atoms with van der Waals surface area (Å²) in [4.78, 5) is 18.4. The van der Waals surface area contributed by atoms with Gasteiger partial charge in [0.15, 0.2) is 11.5 Å². The van der Waals surface area contributed by atoms with E-state index >= 15 is 0 Å². The number of rotatable bonds is 3. The van der Waals surface area contributed by atoms with Crippen LogP contribution in [-0.2, 0) is 4.79 Å². The van der Waals surface area contributed by atoms with Crippen LogP contribution in [0, 0.1) is 0 Å². The number of benzene rings is 2. The Balaban J connectivity index is 2.24.